The lowest BCUT2D eigenvalue weighted by Gasteiger charge is -2.32. The minimum atomic E-state index is -0.0263. The summed E-state index contributed by atoms with van der Waals surface area (Å²) in [5.41, 5.74) is 5.29. The van der Waals surface area contributed by atoms with Crippen LogP contribution in [0.2, 0.25) is 0 Å². The molecule has 6 heteroatoms. The van der Waals surface area contributed by atoms with Gasteiger partial charge in [-0.25, -0.2) is 4.98 Å². The summed E-state index contributed by atoms with van der Waals surface area (Å²) in [6.07, 6.45) is 1.18. The molecule has 2 aromatic carbocycles. The van der Waals surface area contributed by atoms with Gasteiger partial charge in [-0.3, -0.25) is 9.69 Å². The second-order valence-corrected chi connectivity index (χ2v) is 9.02. The van der Waals surface area contributed by atoms with Gasteiger partial charge in [-0.05, 0) is 36.7 Å². The summed E-state index contributed by atoms with van der Waals surface area (Å²) >= 11 is 1.60. The van der Waals surface area contributed by atoms with Crippen LogP contribution in [-0.4, -0.2) is 53.9 Å². The van der Waals surface area contributed by atoms with Gasteiger partial charge in [-0.15, -0.1) is 11.3 Å². The number of anilines is 1. The van der Waals surface area contributed by atoms with Crippen LogP contribution in [0.25, 0.3) is 10.6 Å². The van der Waals surface area contributed by atoms with Crippen molar-refractivity contribution in [1.29, 1.82) is 0 Å². The van der Waals surface area contributed by atoms with E-state index in [1.165, 1.54) is 5.56 Å². The first-order valence-corrected chi connectivity index (χ1v) is 11.8. The van der Waals surface area contributed by atoms with Crippen LogP contribution in [0.3, 0.4) is 0 Å². The number of aryl methyl sites for hydroxylation is 1. The Morgan fingerprint density at radius 2 is 1.90 bits per heavy atom. The molecule has 1 aromatic heterocycles. The van der Waals surface area contributed by atoms with E-state index in [9.17, 15) is 4.79 Å². The minimum Gasteiger partial charge on any atom is -0.325 e. The second kappa shape index (κ2) is 10.2. The first-order valence-electron chi connectivity index (χ1n) is 10.9. The molecule has 0 bridgehead atoms. The van der Waals surface area contributed by atoms with Crippen molar-refractivity contribution in [2.45, 2.75) is 26.3 Å². The van der Waals surface area contributed by atoms with Crippen LogP contribution in [-0.2, 0) is 24.2 Å². The number of para-hydroxylation sites is 1. The second-order valence-electron chi connectivity index (χ2n) is 8.16. The maximum Gasteiger partial charge on any atom is 0.230 e. The highest BCUT2D eigenvalue weighted by Crippen LogP contribution is 2.26. The summed E-state index contributed by atoms with van der Waals surface area (Å²) in [4.78, 5) is 22.2. The molecule has 0 spiro atoms. The summed E-state index contributed by atoms with van der Waals surface area (Å²) in [5, 5.41) is 6.00. The van der Waals surface area contributed by atoms with Crippen molar-refractivity contribution in [3.05, 3.63) is 70.7 Å². The lowest BCUT2D eigenvalue weighted by atomic mass is 10.1. The molecule has 0 saturated carbocycles. The SMILES string of the molecule is CCc1ccccc1NC(=O)Cc1csc(-c2cccc(CN3CCN(C)CC3)c2)n1. The van der Waals surface area contributed by atoms with Gasteiger partial charge >= 0.3 is 0 Å². The zero-order valence-electron chi connectivity index (χ0n) is 18.3. The first kappa shape index (κ1) is 21.7. The van der Waals surface area contributed by atoms with E-state index < -0.39 is 0 Å². The Bertz CT molecular complexity index is 1020. The molecule has 0 radical (unpaired) electrons. The van der Waals surface area contributed by atoms with E-state index in [4.69, 9.17) is 4.98 Å². The molecular weight excluding hydrogens is 404 g/mol. The van der Waals surface area contributed by atoms with Crippen LogP contribution in [0.15, 0.2) is 53.9 Å². The molecule has 1 aliphatic heterocycles. The Labute approximate surface area is 188 Å². The third-order valence-electron chi connectivity index (χ3n) is 5.74. The van der Waals surface area contributed by atoms with Gasteiger partial charge in [-0.1, -0.05) is 43.3 Å². The molecule has 162 valence electrons. The average Bonchev–Trinajstić information content (AvgIpc) is 3.24. The third kappa shape index (κ3) is 5.79. The van der Waals surface area contributed by atoms with Crippen molar-refractivity contribution in [2.75, 3.05) is 38.5 Å². The summed E-state index contributed by atoms with van der Waals surface area (Å²) in [7, 11) is 2.18. The quantitative estimate of drug-likeness (QED) is 0.602. The van der Waals surface area contributed by atoms with Gasteiger partial charge in [0.2, 0.25) is 5.91 Å². The van der Waals surface area contributed by atoms with Gasteiger partial charge in [0, 0.05) is 49.4 Å². The Morgan fingerprint density at radius 1 is 1.10 bits per heavy atom. The van der Waals surface area contributed by atoms with Crippen molar-refractivity contribution in [3.8, 4) is 10.6 Å². The van der Waals surface area contributed by atoms with Crippen LogP contribution in [0.4, 0.5) is 5.69 Å². The number of hydrogen-bond acceptors (Lipinski definition) is 5. The lowest BCUT2D eigenvalue weighted by Crippen LogP contribution is -2.43. The fourth-order valence-electron chi connectivity index (χ4n) is 3.90. The average molecular weight is 435 g/mol. The molecule has 1 fully saturated rings. The number of amides is 1. The van der Waals surface area contributed by atoms with Crippen molar-refractivity contribution >= 4 is 22.9 Å². The molecule has 3 aromatic rings. The van der Waals surface area contributed by atoms with E-state index in [1.54, 1.807) is 11.3 Å². The number of thiazole rings is 1. The molecular formula is C25H30N4OS. The molecule has 0 aliphatic carbocycles. The number of nitrogens with zero attached hydrogens (tertiary/aromatic N) is 3. The summed E-state index contributed by atoms with van der Waals surface area (Å²) in [5.74, 6) is -0.0263. The molecule has 1 saturated heterocycles. The zero-order valence-corrected chi connectivity index (χ0v) is 19.1. The summed E-state index contributed by atoms with van der Waals surface area (Å²) in [6, 6.07) is 16.6. The Kier molecular flexibility index (Phi) is 7.12. The van der Waals surface area contributed by atoms with Gasteiger partial charge in [0.1, 0.15) is 5.01 Å². The van der Waals surface area contributed by atoms with Crippen LogP contribution in [0.1, 0.15) is 23.7 Å². The topological polar surface area (TPSA) is 48.5 Å². The van der Waals surface area contributed by atoms with E-state index in [2.05, 4.69) is 53.4 Å². The highest BCUT2D eigenvalue weighted by Gasteiger charge is 2.15. The van der Waals surface area contributed by atoms with Gasteiger partial charge < -0.3 is 10.2 Å². The van der Waals surface area contributed by atoms with E-state index in [1.807, 2.05) is 29.6 Å². The van der Waals surface area contributed by atoms with Crippen molar-refractivity contribution in [3.63, 3.8) is 0 Å². The highest BCUT2D eigenvalue weighted by molar-refractivity contribution is 7.13. The zero-order chi connectivity index (χ0) is 21.6. The predicted octanol–water partition coefficient (Wildman–Crippen LogP) is 4.30. The monoisotopic (exact) mass is 434 g/mol. The molecule has 5 nitrogen and oxygen atoms in total. The number of nitrogens with one attached hydrogen (secondary N) is 1. The summed E-state index contributed by atoms with van der Waals surface area (Å²) < 4.78 is 0. The van der Waals surface area contributed by atoms with Crippen molar-refractivity contribution in [1.82, 2.24) is 14.8 Å². The largest absolute Gasteiger partial charge is 0.325 e. The maximum atomic E-state index is 12.5. The molecule has 0 atom stereocenters. The number of rotatable bonds is 7. The van der Waals surface area contributed by atoms with E-state index in [-0.39, 0.29) is 12.3 Å². The lowest BCUT2D eigenvalue weighted by molar-refractivity contribution is -0.115. The normalized spacial score (nSPS) is 15.2. The van der Waals surface area contributed by atoms with E-state index >= 15 is 0 Å². The van der Waals surface area contributed by atoms with Gasteiger partial charge in [0.05, 0.1) is 12.1 Å². The van der Waals surface area contributed by atoms with Crippen LogP contribution < -0.4 is 5.32 Å². The van der Waals surface area contributed by atoms with Gasteiger partial charge in [0.15, 0.2) is 0 Å². The first-order chi connectivity index (χ1) is 15.1. The molecule has 4 rings (SSSR count). The molecule has 2 heterocycles. The number of likely N-dealkylation sites (N-methyl/N-ethyl adjacent to an activating group) is 1. The van der Waals surface area contributed by atoms with Crippen LogP contribution >= 0.6 is 11.3 Å². The number of piperazine rings is 1. The Hall–Kier alpha value is -2.54. The number of aromatic nitrogens is 1. The fraction of sp³-hybridized carbons (Fsp3) is 0.360. The number of carbonyl (C=O) groups is 1. The fourth-order valence-corrected chi connectivity index (χ4v) is 4.71. The standard InChI is InChI=1S/C25H30N4OS/c1-3-20-8-4-5-10-23(20)27-24(30)16-22-18-31-25(26-22)21-9-6-7-19(15-21)17-29-13-11-28(2)12-14-29/h4-10,15,18H,3,11-14,16-17H2,1-2H3,(H,27,30). The Morgan fingerprint density at radius 3 is 2.71 bits per heavy atom. The molecule has 1 N–H and O–H groups in total. The van der Waals surface area contributed by atoms with Crippen LogP contribution in [0, 0.1) is 0 Å². The molecule has 31 heavy (non-hydrogen) atoms. The van der Waals surface area contributed by atoms with E-state index in [0.717, 1.165) is 66.7 Å². The smallest absolute Gasteiger partial charge is 0.230 e. The Balaban J connectivity index is 1.38. The maximum absolute atomic E-state index is 12.5. The minimum absolute atomic E-state index is 0.0263. The summed E-state index contributed by atoms with van der Waals surface area (Å²) in [6.45, 7) is 7.53. The molecule has 1 amide bonds. The molecule has 1 aliphatic rings. The van der Waals surface area contributed by atoms with Gasteiger partial charge in [-0.2, -0.15) is 0 Å². The predicted molar refractivity (Wildman–Crippen MR) is 128 cm³/mol. The van der Waals surface area contributed by atoms with Gasteiger partial charge in [0.25, 0.3) is 0 Å². The van der Waals surface area contributed by atoms with Crippen molar-refractivity contribution in [2.24, 2.45) is 0 Å². The van der Waals surface area contributed by atoms with Crippen molar-refractivity contribution < 1.29 is 4.79 Å². The van der Waals surface area contributed by atoms with Crippen LogP contribution in [0.5, 0.6) is 0 Å². The molecule has 0 unspecified atom stereocenters. The third-order valence-corrected chi connectivity index (χ3v) is 6.68. The number of carbonyl (C=O) groups excluding carboxylic acids is 1. The van der Waals surface area contributed by atoms with E-state index in [0.29, 0.717) is 0 Å². The number of benzene rings is 2. The number of hydrogen-bond donors (Lipinski definition) is 1. The highest BCUT2D eigenvalue weighted by atomic mass is 32.1.